The maximum absolute atomic E-state index is 12.2. The van der Waals surface area contributed by atoms with E-state index in [-0.39, 0.29) is 24.3 Å². The maximum Gasteiger partial charge on any atom is 0.251 e. The van der Waals surface area contributed by atoms with Crippen molar-refractivity contribution in [3.05, 3.63) is 60.2 Å². The number of nitrogens with one attached hydrogen (secondary N) is 1. The standard InChI is InChI=1S/C18H16N6O3/c25-14(9-21-17(26)12-5-2-1-3-6-12)24-10-13(11-24)18-22-16(23-27-18)15-19-7-4-8-20-15/h1-8,13H,9-11H2,(H,21,26). The van der Waals surface area contributed by atoms with E-state index in [1.165, 1.54) is 0 Å². The van der Waals surface area contributed by atoms with Crippen LogP contribution in [0.5, 0.6) is 0 Å². The van der Waals surface area contributed by atoms with Crippen LogP contribution < -0.4 is 5.32 Å². The van der Waals surface area contributed by atoms with Gasteiger partial charge >= 0.3 is 0 Å². The van der Waals surface area contributed by atoms with Crippen molar-refractivity contribution in [2.24, 2.45) is 0 Å². The third-order valence-electron chi connectivity index (χ3n) is 4.23. The van der Waals surface area contributed by atoms with Crippen LogP contribution in [0.4, 0.5) is 0 Å². The Kier molecular flexibility index (Phi) is 4.56. The van der Waals surface area contributed by atoms with Gasteiger partial charge in [0.05, 0.1) is 12.5 Å². The molecule has 9 heteroatoms. The van der Waals surface area contributed by atoms with Gasteiger partial charge in [-0.15, -0.1) is 0 Å². The number of amides is 2. The van der Waals surface area contributed by atoms with Gasteiger partial charge < -0.3 is 14.7 Å². The Labute approximate surface area is 154 Å². The summed E-state index contributed by atoms with van der Waals surface area (Å²) in [5.74, 6) is 0.722. The van der Waals surface area contributed by atoms with Crippen molar-refractivity contribution in [1.29, 1.82) is 0 Å². The smallest absolute Gasteiger partial charge is 0.251 e. The number of nitrogens with zero attached hydrogens (tertiary/aromatic N) is 5. The second-order valence-electron chi connectivity index (χ2n) is 6.07. The zero-order chi connectivity index (χ0) is 18.6. The van der Waals surface area contributed by atoms with E-state index in [1.807, 2.05) is 6.07 Å². The molecule has 2 amide bonds. The topological polar surface area (TPSA) is 114 Å². The van der Waals surface area contributed by atoms with Crippen molar-refractivity contribution < 1.29 is 14.1 Å². The lowest BCUT2D eigenvalue weighted by Crippen LogP contribution is -2.51. The predicted octanol–water partition coefficient (Wildman–Crippen LogP) is 0.882. The van der Waals surface area contributed by atoms with E-state index in [0.29, 0.717) is 36.2 Å². The lowest BCUT2D eigenvalue weighted by molar-refractivity contribution is -0.134. The van der Waals surface area contributed by atoms with Crippen LogP contribution >= 0.6 is 0 Å². The fraction of sp³-hybridized carbons (Fsp3) is 0.222. The Bertz CT molecular complexity index is 938. The number of benzene rings is 1. The van der Waals surface area contributed by atoms with Crippen LogP contribution in [0.2, 0.25) is 0 Å². The summed E-state index contributed by atoms with van der Waals surface area (Å²) in [6.07, 6.45) is 3.21. The van der Waals surface area contributed by atoms with Crippen LogP contribution in [0.25, 0.3) is 11.6 Å². The van der Waals surface area contributed by atoms with Gasteiger partial charge in [0.25, 0.3) is 5.91 Å². The summed E-state index contributed by atoms with van der Waals surface area (Å²) in [5.41, 5.74) is 0.522. The molecule has 9 nitrogen and oxygen atoms in total. The van der Waals surface area contributed by atoms with Gasteiger partial charge in [-0.2, -0.15) is 4.98 Å². The van der Waals surface area contributed by atoms with E-state index >= 15 is 0 Å². The zero-order valence-corrected chi connectivity index (χ0v) is 14.3. The van der Waals surface area contributed by atoms with Gasteiger partial charge in [0.1, 0.15) is 0 Å². The average Bonchev–Trinajstić information content (AvgIpc) is 3.16. The molecule has 0 atom stereocenters. The molecule has 3 aromatic rings. The van der Waals surface area contributed by atoms with E-state index in [1.54, 1.807) is 47.6 Å². The summed E-state index contributed by atoms with van der Waals surface area (Å²) in [7, 11) is 0. The summed E-state index contributed by atoms with van der Waals surface area (Å²) in [5, 5.41) is 6.51. The minimum atomic E-state index is -0.273. The Morgan fingerprint density at radius 2 is 1.81 bits per heavy atom. The van der Waals surface area contributed by atoms with Crippen molar-refractivity contribution in [2.45, 2.75) is 5.92 Å². The number of hydrogen-bond acceptors (Lipinski definition) is 7. The molecule has 4 rings (SSSR count). The Balaban J connectivity index is 1.27. The lowest BCUT2D eigenvalue weighted by atomic mass is 10.00. The quantitative estimate of drug-likeness (QED) is 0.715. The summed E-state index contributed by atoms with van der Waals surface area (Å²) in [6.45, 7) is 0.891. The molecule has 0 bridgehead atoms. The van der Waals surface area contributed by atoms with Gasteiger partial charge in [-0.25, -0.2) is 9.97 Å². The molecule has 1 fully saturated rings. The molecule has 3 heterocycles. The first-order chi connectivity index (χ1) is 13.2. The molecule has 0 saturated carbocycles. The number of carbonyl (C=O) groups is 2. The summed E-state index contributed by atoms with van der Waals surface area (Å²) < 4.78 is 5.26. The van der Waals surface area contributed by atoms with Crippen LogP contribution in [0, 0.1) is 0 Å². The van der Waals surface area contributed by atoms with Crippen LogP contribution in [0.1, 0.15) is 22.2 Å². The van der Waals surface area contributed by atoms with Gasteiger partial charge in [-0.3, -0.25) is 9.59 Å². The molecule has 0 aliphatic carbocycles. The number of carbonyl (C=O) groups excluding carboxylic acids is 2. The molecule has 0 spiro atoms. The highest BCUT2D eigenvalue weighted by Crippen LogP contribution is 2.26. The minimum absolute atomic E-state index is 0.0243. The van der Waals surface area contributed by atoms with Crippen LogP contribution in [-0.4, -0.2) is 56.5 Å². The van der Waals surface area contributed by atoms with Crippen LogP contribution in [0.15, 0.2) is 53.3 Å². The highest BCUT2D eigenvalue weighted by atomic mass is 16.5. The number of likely N-dealkylation sites (tertiary alicyclic amines) is 1. The Hall–Kier alpha value is -3.62. The largest absolute Gasteiger partial charge is 0.343 e. The van der Waals surface area contributed by atoms with Gasteiger partial charge in [0, 0.05) is 31.0 Å². The molecule has 27 heavy (non-hydrogen) atoms. The normalized spacial score (nSPS) is 13.9. The summed E-state index contributed by atoms with van der Waals surface area (Å²) in [6, 6.07) is 10.5. The third-order valence-corrected chi connectivity index (χ3v) is 4.23. The molecule has 136 valence electrons. The zero-order valence-electron chi connectivity index (χ0n) is 14.3. The third kappa shape index (κ3) is 3.66. The van der Waals surface area contributed by atoms with Crippen molar-refractivity contribution in [1.82, 2.24) is 30.3 Å². The minimum Gasteiger partial charge on any atom is -0.343 e. The van der Waals surface area contributed by atoms with E-state index < -0.39 is 0 Å². The molecule has 1 aliphatic rings. The molecule has 1 N–H and O–H groups in total. The van der Waals surface area contributed by atoms with E-state index in [2.05, 4.69) is 25.4 Å². The van der Waals surface area contributed by atoms with Crippen LogP contribution in [-0.2, 0) is 4.79 Å². The van der Waals surface area contributed by atoms with Crippen molar-refractivity contribution in [3.63, 3.8) is 0 Å². The first-order valence-corrected chi connectivity index (χ1v) is 8.43. The van der Waals surface area contributed by atoms with Crippen molar-refractivity contribution in [2.75, 3.05) is 19.6 Å². The first kappa shape index (κ1) is 16.8. The summed E-state index contributed by atoms with van der Waals surface area (Å²) >= 11 is 0. The van der Waals surface area contributed by atoms with Gasteiger partial charge in [-0.1, -0.05) is 23.4 Å². The molecule has 2 aromatic heterocycles. The molecule has 0 radical (unpaired) electrons. The number of rotatable bonds is 5. The molecular formula is C18H16N6O3. The highest BCUT2D eigenvalue weighted by molar-refractivity contribution is 5.96. The fourth-order valence-corrected chi connectivity index (χ4v) is 2.70. The summed E-state index contributed by atoms with van der Waals surface area (Å²) in [4.78, 5) is 38.2. The average molecular weight is 364 g/mol. The van der Waals surface area contributed by atoms with E-state index in [4.69, 9.17) is 4.52 Å². The lowest BCUT2D eigenvalue weighted by Gasteiger charge is -2.37. The monoisotopic (exact) mass is 364 g/mol. The number of aromatic nitrogens is 4. The predicted molar refractivity (Wildman–Crippen MR) is 93.4 cm³/mol. The molecule has 1 saturated heterocycles. The maximum atomic E-state index is 12.2. The highest BCUT2D eigenvalue weighted by Gasteiger charge is 2.35. The van der Waals surface area contributed by atoms with Gasteiger partial charge in [0.2, 0.25) is 23.4 Å². The van der Waals surface area contributed by atoms with Gasteiger partial charge in [0.15, 0.2) is 0 Å². The number of hydrogen-bond donors (Lipinski definition) is 1. The van der Waals surface area contributed by atoms with E-state index in [0.717, 1.165) is 0 Å². The van der Waals surface area contributed by atoms with Crippen LogP contribution in [0.3, 0.4) is 0 Å². The molecule has 1 aliphatic heterocycles. The molecular weight excluding hydrogens is 348 g/mol. The van der Waals surface area contributed by atoms with Gasteiger partial charge in [-0.05, 0) is 18.2 Å². The van der Waals surface area contributed by atoms with E-state index in [9.17, 15) is 9.59 Å². The molecule has 1 aromatic carbocycles. The second-order valence-corrected chi connectivity index (χ2v) is 6.07. The van der Waals surface area contributed by atoms with Crippen molar-refractivity contribution in [3.8, 4) is 11.6 Å². The Morgan fingerprint density at radius 3 is 2.56 bits per heavy atom. The molecule has 0 unspecified atom stereocenters. The second kappa shape index (κ2) is 7.32. The Morgan fingerprint density at radius 1 is 1.07 bits per heavy atom. The SMILES string of the molecule is O=C(NCC(=O)N1CC(c2nc(-c3ncccn3)no2)C1)c1ccccc1. The van der Waals surface area contributed by atoms with Crippen molar-refractivity contribution >= 4 is 11.8 Å². The first-order valence-electron chi connectivity index (χ1n) is 8.43. The fourth-order valence-electron chi connectivity index (χ4n) is 2.70.